The maximum atomic E-state index is 14.6. The molecule has 310 valence electrons. The molecule has 3 N–H and O–H groups in total. The first kappa shape index (κ1) is 44.4. The number of carbonyl (C=O) groups excluding carboxylic acids is 4. The Hall–Kier alpha value is -2.28. The average Bonchev–Trinajstić information content (AvgIpc) is 2.83. The van der Waals surface area contributed by atoms with E-state index in [9.17, 15) is 19.2 Å². The normalized spacial score (nSPS) is 29.0. The lowest BCUT2D eigenvalue weighted by Gasteiger charge is -2.47. The number of quaternary nitrogens is 1. The molecule has 12 heteroatoms. The fourth-order valence-electron chi connectivity index (χ4n) is 11.2. The summed E-state index contributed by atoms with van der Waals surface area (Å²) in [5, 5.41) is 10.8. The highest BCUT2D eigenvalue weighted by atomic mass is 16.6. The van der Waals surface area contributed by atoms with Crippen LogP contribution in [0.25, 0.3) is 0 Å². The third-order valence-corrected chi connectivity index (χ3v) is 11.3. The van der Waals surface area contributed by atoms with Gasteiger partial charge in [0.1, 0.15) is 24.9 Å². The fourth-order valence-corrected chi connectivity index (χ4v) is 11.2. The first-order chi connectivity index (χ1) is 24.2. The number of esters is 4. The van der Waals surface area contributed by atoms with Crippen molar-refractivity contribution in [3.63, 3.8) is 0 Å². The third-order valence-electron chi connectivity index (χ3n) is 11.3. The molecule has 2 unspecified atom stereocenters. The highest BCUT2D eigenvalue weighted by molar-refractivity contribution is 6.07. The second kappa shape index (κ2) is 14.9. The first-order valence-corrected chi connectivity index (χ1v) is 20.2. The van der Waals surface area contributed by atoms with Gasteiger partial charge in [-0.25, -0.2) is 0 Å². The van der Waals surface area contributed by atoms with Crippen molar-refractivity contribution in [1.29, 1.82) is 0 Å². The lowest BCUT2D eigenvalue weighted by molar-refractivity contribution is -0.905. The van der Waals surface area contributed by atoms with E-state index in [-0.39, 0.29) is 38.6 Å². The van der Waals surface area contributed by atoms with Gasteiger partial charge in [-0.15, -0.1) is 0 Å². The van der Waals surface area contributed by atoms with Crippen LogP contribution in [0.3, 0.4) is 0 Å². The predicted molar refractivity (Wildman–Crippen MR) is 208 cm³/mol. The number of carbonyl (C=O) groups is 4. The topological polar surface area (TPSA) is 141 Å². The average molecular weight is 764 g/mol. The molecule has 0 aromatic heterocycles. The molecule has 0 aliphatic carbocycles. The lowest BCUT2D eigenvalue weighted by atomic mass is 9.80. The van der Waals surface area contributed by atoms with Crippen molar-refractivity contribution in [2.24, 2.45) is 17.3 Å². The van der Waals surface area contributed by atoms with Gasteiger partial charge in [0, 0.05) is 83.6 Å². The van der Waals surface area contributed by atoms with Crippen LogP contribution in [-0.2, 0) is 38.1 Å². The number of likely N-dealkylation sites (tertiary alicyclic amines) is 1. The largest absolute Gasteiger partial charge is 0.462 e. The molecule has 2 atom stereocenters. The van der Waals surface area contributed by atoms with E-state index in [0.717, 1.165) is 6.54 Å². The monoisotopic (exact) mass is 764 g/mol. The Labute approximate surface area is 325 Å². The van der Waals surface area contributed by atoms with E-state index in [0.29, 0.717) is 56.0 Å². The highest BCUT2D eigenvalue weighted by Gasteiger charge is 2.54. The lowest BCUT2D eigenvalue weighted by Crippen LogP contribution is -2.61. The molecule has 0 aromatic carbocycles. The minimum atomic E-state index is -1.92. The Morgan fingerprint density at radius 2 is 0.685 bits per heavy atom. The number of hydrogen-bond donors (Lipinski definition) is 3. The maximum absolute atomic E-state index is 14.6. The fraction of sp³-hybridized carbons (Fsp3) is 0.905. The van der Waals surface area contributed by atoms with Crippen LogP contribution in [0.4, 0.5) is 0 Å². The van der Waals surface area contributed by atoms with Gasteiger partial charge < -0.3 is 39.4 Å². The first-order valence-electron chi connectivity index (χ1n) is 20.2. The van der Waals surface area contributed by atoms with Crippen LogP contribution in [0.5, 0.6) is 0 Å². The highest BCUT2D eigenvalue weighted by Crippen LogP contribution is 2.37. The Balaban J connectivity index is 1.75. The number of piperidine rings is 4. The summed E-state index contributed by atoms with van der Waals surface area (Å²) in [7, 11) is 4.16. The minimum Gasteiger partial charge on any atom is -0.462 e. The SMILES string of the molecule is CC1(C)CC(OC(=O)C(C(=O)OC2CC(C)(C)NC(C)(C)C2)C(C(=O)OC2CC(C)(C)NC(C)(C)C2)C(=O)OC2CC(C)(C)NC(C)(C)C2)C[N+](C)(C)C1. The second-order valence-electron chi connectivity index (χ2n) is 22.7. The van der Waals surface area contributed by atoms with Gasteiger partial charge in [0.25, 0.3) is 0 Å². The summed E-state index contributed by atoms with van der Waals surface area (Å²) >= 11 is 0. The summed E-state index contributed by atoms with van der Waals surface area (Å²) in [6.07, 6.45) is 1.14. The van der Waals surface area contributed by atoms with Crippen LogP contribution in [0.2, 0.25) is 0 Å². The molecule has 4 heterocycles. The van der Waals surface area contributed by atoms with Crippen LogP contribution < -0.4 is 16.0 Å². The number of rotatable bonds is 9. The van der Waals surface area contributed by atoms with Crippen LogP contribution >= 0.6 is 0 Å². The molecular weight excluding hydrogens is 688 g/mol. The van der Waals surface area contributed by atoms with E-state index in [4.69, 9.17) is 18.9 Å². The standard InChI is InChI=1S/C42H75N4O8/c1-36(2)17-29(24-46(15,16)25-36)54-35(50)31(34(49)53-28-22-41(11,12)45-42(13,14)23-28)30(32(47)51-26-18-37(3,4)43-38(5,6)19-26)33(48)52-27-20-39(7,8)44-40(9,10)21-27/h26-31,43-45H,17-25H2,1-16H3/q+1. The molecule has 0 saturated carbocycles. The van der Waals surface area contributed by atoms with Crippen molar-refractivity contribution in [2.45, 2.75) is 200 Å². The zero-order chi connectivity index (χ0) is 41.1. The Kier molecular flexibility index (Phi) is 12.3. The van der Waals surface area contributed by atoms with E-state index in [1.165, 1.54) is 0 Å². The van der Waals surface area contributed by atoms with Crippen molar-refractivity contribution >= 4 is 23.9 Å². The molecule has 0 amide bonds. The van der Waals surface area contributed by atoms with Crippen molar-refractivity contribution in [3.05, 3.63) is 0 Å². The molecule has 12 nitrogen and oxygen atoms in total. The van der Waals surface area contributed by atoms with Gasteiger partial charge >= 0.3 is 23.9 Å². The molecule has 0 radical (unpaired) electrons. The number of likely N-dealkylation sites (N-methyl/N-ethyl adjacent to an activating group) is 1. The maximum Gasteiger partial charge on any atom is 0.322 e. The molecule has 4 fully saturated rings. The number of nitrogens with one attached hydrogen (secondary N) is 3. The van der Waals surface area contributed by atoms with E-state index < -0.39 is 60.1 Å². The molecule has 4 rings (SSSR count). The van der Waals surface area contributed by atoms with Crippen LogP contribution in [0.15, 0.2) is 0 Å². The summed E-state index contributed by atoms with van der Waals surface area (Å²) in [5.74, 6) is -7.73. The van der Waals surface area contributed by atoms with Crippen molar-refractivity contribution < 1.29 is 42.6 Å². The molecule has 4 aliphatic rings. The van der Waals surface area contributed by atoms with E-state index in [1.807, 2.05) is 83.1 Å². The number of ether oxygens (including phenoxy) is 4. The predicted octanol–water partition coefficient (Wildman–Crippen LogP) is 5.19. The van der Waals surface area contributed by atoms with Crippen LogP contribution in [0, 0.1) is 17.3 Å². The van der Waals surface area contributed by atoms with Gasteiger partial charge in [-0.3, -0.25) is 19.2 Å². The molecule has 54 heavy (non-hydrogen) atoms. The molecular formula is C42H75N4O8+. The number of nitrogens with zero attached hydrogens (tertiary/aromatic N) is 1. The van der Waals surface area contributed by atoms with Crippen molar-refractivity contribution in [1.82, 2.24) is 16.0 Å². The summed E-state index contributed by atoms with van der Waals surface area (Å²) in [6.45, 7) is 30.1. The molecule has 0 aromatic rings. The van der Waals surface area contributed by atoms with Crippen molar-refractivity contribution in [3.8, 4) is 0 Å². The molecule has 0 spiro atoms. The van der Waals surface area contributed by atoms with Gasteiger partial charge in [-0.05, 0) is 83.1 Å². The Bertz CT molecular complexity index is 1160. The van der Waals surface area contributed by atoms with Gasteiger partial charge in [0.2, 0.25) is 0 Å². The molecule has 0 bridgehead atoms. The van der Waals surface area contributed by atoms with Gasteiger partial charge in [0.05, 0.1) is 20.6 Å². The smallest absolute Gasteiger partial charge is 0.322 e. The summed E-state index contributed by atoms with van der Waals surface area (Å²) in [5.41, 5.74) is -2.41. The second-order valence-corrected chi connectivity index (χ2v) is 22.7. The zero-order valence-electron chi connectivity index (χ0n) is 36.5. The summed E-state index contributed by atoms with van der Waals surface area (Å²) < 4.78 is 25.4. The molecule has 4 aliphatic heterocycles. The quantitative estimate of drug-likeness (QED) is 0.124. The minimum absolute atomic E-state index is 0.157. The van der Waals surface area contributed by atoms with E-state index in [1.54, 1.807) is 0 Å². The summed E-state index contributed by atoms with van der Waals surface area (Å²) in [4.78, 5) is 58.5. The summed E-state index contributed by atoms with van der Waals surface area (Å²) in [6, 6.07) is 0. The van der Waals surface area contributed by atoms with E-state index >= 15 is 0 Å². The Morgan fingerprint density at radius 3 is 0.926 bits per heavy atom. The number of hydrogen-bond acceptors (Lipinski definition) is 11. The van der Waals surface area contributed by atoms with Crippen LogP contribution in [-0.4, -0.2) is 113 Å². The van der Waals surface area contributed by atoms with Gasteiger partial charge in [0.15, 0.2) is 17.9 Å². The van der Waals surface area contributed by atoms with Gasteiger partial charge in [-0.2, -0.15) is 0 Å². The third kappa shape index (κ3) is 12.4. The Morgan fingerprint density at radius 1 is 0.444 bits per heavy atom. The zero-order valence-corrected chi connectivity index (χ0v) is 36.5. The van der Waals surface area contributed by atoms with Crippen LogP contribution in [0.1, 0.15) is 142 Å². The molecule has 4 saturated heterocycles. The van der Waals surface area contributed by atoms with Crippen molar-refractivity contribution in [2.75, 3.05) is 27.2 Å². The van der Waals surface area contributed by atoms with E-state index in [2.05, 4.69) is 43.9 Å². The van der Waals surface area contributed by atoms with Gasteiger partial charge in [-0.1, -0.05) is 13.8 Å².